The van der Waals surface area contributed by atoms with E-state index in [1.807, 2.05) is 19.0 Å². The molecule has 43 heavy (non-hydrogen) atoms. The lowest BCUT2D eigenvalue weighted by molar-refractivity contribution is -0.203. The minimum Gasteiger partial charge on any atom is -0.393 e. The third-order valence-corrected chi connectivity index (χ3v) is 14.3. The van der Waals surface area contributed by atoms with Gasteiger partial charge >= 0.3 is 6.03 Å². The molecule has 3 unspecified atom stereocenters. The first kappa shape index (κ1) is 32.6. The van der Waals surface area contributed by atoms with Gasteiger partial charge < -0.3 is 20.4 Å². The number of hydrogen-bond acceptors (Lipinski definition) is 6. The van der Waals surface area contributed by atoms with Crippen LogP contribution in [0.25, 0.3) is 0 Å². The lowest BCUT2D eigenvalue weighted by Crippen LogP contribution is -2.62. The van der Waals surface area contributed by atoms with Crippen LogP contribution in [0.4, 0.5) is 10.5 Å². The van der Waals surface area contributed by atoms with Crippen molar-refractivity contribution in [2.24, 2.45) is 52.3 Å². The number of hydrogen-bond donors (Lipinski definition) is 4. The molecule has 4 saturated carbocycles. The first-order valence-electron chi connectivity index (χ1n) is 16.7. The van der Waals surface area contributed by atoms with Crippen LogP contribution in [0.2, 0.25) is 0 Å². The van der Waals surface area contributed by atoms with Crippen molar-refractivity contribution in [1.82, 2.24) is 10.0 Å². The summed E-state index contributed by atoms with van der Waals surface area (Å²) in [6.07, 6.45) is 8.59. The smallest absolute Gasteiger partial charge is 0.328 e. The lowest BCUT2D eigenvalue weighted by Gasteiger charge is -2.64. The summed E-state index contributed by atoms with van der Waals surface area (Å²) < 4.78 is 27.6. The highest BCUT2D eigenvalue weighted by Crippen LogP contribution is 2.69. The largest absolute Gasteiger partial charge is 0.393 e. The third kappa shape index (κ3) is 5.83. The summed E-state index contributed by atoms with van der Waals surface area (Å²) in [5.74, 6) is 2.86. The average molecular weight is 618 g/mol. The average Bonchev–Trinajstić information content (AvgIpc) is 3.31. The van der Waals surface area contributed by atoms with Crippen LogP contribution in [-0.4, -0.2) is 57.5 Å². The molecule has 0 spiro atoms. The molecular weight excluding hydrogens is 562 g/mol. The minimum atomic E-state index is -3.95. The van der Waals surface area contributed by atoms with Crippen LogP contribution in [0.15, 0.2) is 29.2 Å². The molecule has 0 radical (unpaired) electrons. The minimum absolute atomic E-state index is 0.0574. The zero-order chi connectivity index (χ0) is 31.3. The van der Waals surface area contributed by atoms with Crippen LogP contribution in [0.3, 0.4) is 0 Å². The summed E-state index contributed by atoms with van der Waals surface area (Å²) in [7, 11) is -0.189. The zero-order valence-corrected chi connectivity index (χ0v) is 27.9. The highest BCUT2D eigenvalue weighted by molar-refractivity contribution is 7.90. The summed E-state index contributed by atoms with van der Waals surface area (Å²) in [5, 5.41) is 25.2. The maximum Gasteiger partial charge on any atom is 0.328 e. The van der Waals surface area contributed by atoms with Crippen molar-refractivity contribution in [3.8, 4) is 0 Å². The van der Waals surface area contributed by atoms with E-state index in [0.29, 0.717) is 42.1 Å². The van der Waals surface area contributed by atoms with Crippen LogP contribution in [0, 0.1) is 52.3 Å². The molecule has 4 fully saturated rings. The zero-order valence-electron chi connectivity index (χ0n) is 27.1. The van der Waals surface area contributed by atoms with Crippen molar-refractivity contribution in [3.63, 3.8) is 0 Å². The van der Waals surface area contributed by atoms with E-state index in [2.05, 4.69) is 37.7 Å². The topological polar surface area (TPSA) is 119 Å². The maximum absolute atomic E-state index is 12.7. The van der Waals surface area contributed by atoms with E-state index in [1.54, 1.807) is 12.1 Å². The first-order chi connectivity index (χ1) is 20.2. The molecule has 4 N–H and O–H groups in total. The van der Waals surface area contributed by atoms with Gasteiger partial charge in [0.05, 0.1) is 17.1 Å². The number of nitrogens with one attached hydrogen (secondary N) is 2. The lowest BCUT2D eigenvalue weighted by atomic mass is 9.41. The number of benzene rings is 1. The number of fused-ring (bicyclic) bond motifs is 5. The second-order valence-corrected chi connectivity index (χ2v) is 16.8. The predicted octanol–water partition coefficient (Wildman–Crippen LogP) is 5.39. The SMILES string of the molecule is CC[C@@H]1C2C[C@H](O)CC[C@]2(C)[C@H]2CCC3(C)[C@@H]([C@H](C)CCNC(=O)NS(=O)(=O)c4ccc(N(C)C)cc4)CC[C@H]3C2[C@@H]1O. The van der Waals surface area contributed by atoms with Gasteiger partial charge in [-0.05, 0) is 128 Å². The molecule has 4 aliphatic rings. The molecule has 1 aromatic carbocycles. The third-order valence-electron chi connectivity index (χ3n) is 12.9. The second-order valence-electron chi connectivity index (χ2n) is 15.1. The van der Waals surface area contributed by atoms with Crippen LogP contribution in [-0.2, 0) is 10.0 Å². The molecule has 8 nitrogen and oxygen atoms in total. The van der Waals surface area contributed by atoms with Gasteiger partial charge in [-0.3, -0.25) is 0 Å². The number of carbonyl (C=O) groups is 1. The standard InChI is InChI=1S/C34H55N3O5S/c1-7-25-29-20-23(38)14-17-34(29,4)28-15-18-33(3)26(12-13-27(33)30(28)31(25)39)21(2)16-19-35-32(40)36-43(41,42)24-10-8-22(9-11-24)37(5)6/h8-11,21,23,25-31,38-39H,7,12-20H2,1-6H3,(H2,35,36,40)/t21-,23-,25-,26-,27+,28+,29?,30?,31-,33?,34-/m1/s1. The number of carbonyl (C=O) groups excluding carboxylic acids is 1. The van der Waals surface area contributed by atoms with Crippen molar-refractivity contribution in [3.05, 3.63) is 24.3 Å². The summed E-state index contributed by atoms with van der Waals surface area (Å²) >= 11 is 0. The predicted molar refractivity (Wildman–Crippen MR) is 170 cm³/mol. The normalized spacial score (nSPS) is 39.6. The fraction of sp³-hybridized carbons (Fsp3) is 0.794. The van der Waals surface area contributed by atoms with Crippen LogP contribution in [0.1, 0.15) is 85.5 Å². The van der Waals surface area contributed by atoms with Gasteiger partial charge in [-0.25, -0.2) is 17.9 Å². The Morgan fingerprint density at radius 2 is 1.65 bits per heavy atom. The Labute approximate surface area is 259 Å². The van der Waals surface area contributed by atoms with E-state index < -0.39 is 16.1 Å². The van der Waals surface area contributed by atoms with E-state index in [4.69, 9.17) is 0 Å². The van der Waals surface area contributed by atoms with Crippen LogP contribution >= 0.6 is 0 Å². The van der Waals surface area contributed by atoms with Crippen molar-refractivity contribution in [1.29, 1.82) is 0 Å². The Morgan fingerprint density at radius 1 is 1.00 bits per heavy atom. The molecule has 4 aliphatic carbocycles. The number of sulfonamides is 1. The monoisotopic (exact) mass is 617 g/mol. The van der Waals surface area contributed by atoms with Crippen LogP contribution < -0.4 is 14.9 Å². The van der Waals surface area contributed by atoms with Crippen molar-refractivity contribution in [2.45, 2.75) is 103 Å². The number of nitrogens with zero attached hydrogens (tertiary/aromatic N) is 1. The highest BCUT2D eigenvalue weighted by atomic mass is 32.2. The fourth-order valence-electron chi connectivity index (χ4n) is 10.7. The van der Waals surface area contributed by atoms with Crippen molar-refractivity contribution < 1.29 is 23.4 Å². The van der Waals surface area contributed by atoms with Gasteiger partial charge in [-0.2, -0.15) is 0 Å². The van der Waals surface area contributed by atoms with Gasteiger partial charge in [-0.1, -0.05) is 34.1 Å². The molecule has 2 amide bonds. The molecule has 0 bridgehead atoms. The van der Waals surface area contributed by atoms with Gasteiger partial charge in [0.1, 0.15) is 0 Å². The van der Waals surface area contributed by atoms with Gasteiger partial charge in [0.2, 0.25) is 0 Å². The van der Waals surface area contributed by atoms with Gasteiger partial charge in [0.15, 0.2) is 0 Å². The van der Waals surface area contributed by atoms with E-state index >= 15 is 0 Å². The fourth-order valence-corrected chi connectivity index (χ4v) is 11.6. The maximum atomic E-state index is 12.7. The Balaban J connectivity index is 1.20. The summed E-state index contributed by atoms with van der Waals surface area (Å²) in [6, 6.07) is 5.73. The molecule has 5 rings (SSSR count). The molecule has 0 saturated heterocycles. The molecule has 9 heteroatoms. The molecular formula is C34H55N3O5S. The summed E-state index contributed by atoms with van der Waals surface area (Å²) in [4.78, 5) is 14.5. The number of aliphatic hydroxyl groups is 2. The number of rotatable bonds is 8. The Morgan fingerprint density at radius 3 is 2.30 bits per heavy atom. The molecule has 11 atom stereocenters. The van der Waals surface area contributed by atoms with Gasteiger partial charge in [0.25, 0.3) is 10.0 Å². The van der Waals surface area contributed by atoms with Crippen molar-refractivity contribution >= 4 is 21.7 Å². The van der Waals surface area contributed by atoms with E-state index in [9.17, 15) is 23.4 Å². The summed E-state index contributed by atoms with van der Waals surface area (Å²) in [6.45, 7) is 9.84. The quantitative estimate of drug-likeness (QED) is 0.311. The number of anilines is 1. The molecule has 242 valence electrons. The molecule has 0 aliphatic heterocycles. The molecule has 0 heterocycles. The Bertz CT molecular complexity index is 1250. The van der Waals surface area contributed by atoms with Gasteiger partial charge in [-0.15, -0.1) is 0 Å². The van der Waals surface area contributed by atoms with Gasteiger partial charge in [0, 0.05) is 26.3 Å². The first-order valence-corrected chi connectivity index (χ1v) is 18.2. The molecule has 0 aromatic heterocycles. The number of urea groups is 1. The highest BCUT2D eigenvalue weighted by Gasteiger charge is 2.64. The van der Waals surface area contributed by atoms with E-state index in [1.165, 1.54) is 18.6 Å². The number of amides is 2. The Kier molecular flexibility index (Phi) is 9.21. The second kappa shape index (κ2) is 12.2. The molecule has 1 aromatic rings. The van der Waals surface area contributed by atoms with E-state index in [0.717, 1.165) is 57.1 Å². The van der Waals surface area contributed by atoms with Crippen molar-refractivity contribution in [2.75, 3.05) is 25.5 Å². The number of aliphatic hydroxyl groups excluding tert-OH is 2. The summed E-state index contributed by atoms with van der Waals surface area (Å²) in [5.41, 5.74) is 1.23. The van der Waals surface area contributed by atoms with Crippen LogP contribution in [0.5, 0.6) is 0 Å². The van der Waals surface area contributed by atoms with E-state index in [-0.39, 0.29) is 33.9 Å². The Hall–Kier alpha value is -1.84.